The Kier molecular flexibility index (Phi) is 3.44. The minimum Gasteiger partial charge on any atom is -0.328 e. The van der Waals surface area contributed by atoms with Gasteiger partial charge in [-0.3, -0.25) is 4.79 Å². The third-order valence-corrected chi connectivity index (χ3v) is 2.55. The highest BCUT2D eigenvalue weighted by molar-refractivity contribution is 9.08. The van der Waals surface area contributed by atoms with Gasteiger partial charge in [0.2, 0.25) is 0 Å². The first kappa shape index (κ1) is 10.7. The fourth-order valence-corrected chi connectivity index (χ4v) is 1.75. The number of nitrogens with one attached hydrogen (secondary N) is 1. The lowest BCUT2D eigenvalue weighted by Crippen LogP contribution is -2.14. The summed E-state index contributed by atoms with van der Waals surface area (Å²) in [5.74, 6) is 0. The first-order chi connectivity index (χ1) is 6.07. The van der Waals surface area contributed by atoms with E-state index in [4.69, 9.17) is 11.6 Å². The number of H-pyrrole nitrogens is 1. The highest BCUT2D eigenvalue weighted by Gasteiger charge is 2.18. The van der Waals surface area contributed by atoms with Gasteiger partial charge in [-0.25, -0.2) is 8.78 Å². The second-order valence-electron chi connectivity index (χ2n) is 2.31. The Morgan fingerprint density at radius 1 is 1.62 bits per heavy atom. The van der Waals surface area contributed by atoms with Gasteiger partial charge in [0.25, 0.3) is 12.0 Å². The maximum Gasteiger partial charge on any atom is 0.270 e. The van der Waals surface area contributed by atoms with E-state index in [2.05, 4.69) is 20.9 Å². The smallest absolute Gasteiger partial charge is 0.270 e. The second kappa shape index (κ2) is 4.19. The zero-order chi connectivity index (χ0) is 10.0. The van der Waals surface area contributed by atoms with Gasteiger partial charge < -0.3 is 4.98 Å². The third kappa shape index (κ3) is 2.08. The van der Waals surface area contributed by atoms with Crippen molar-refractivity contribution in [2.45, 2.75) is 11.8 Å². The van der Waals surface area contributed by atoms with E-state index < -0.39 is 17.5 Å². The standard InChI is InChI=1S/C7H5BrClF2NO/c8-1-3-2-12-7(13)4(5(3)9)6(10)11/h2,6H,1H2,(H,12,13). The number of alkyl halides is 3. The molecule has 0 amide bonds. The molecule has 13 heavy (non-hydrogen) atoms. The van der Waals surface area contributed by atoms with Gasteiger partial charge in [-0.2, -0.15) is 0 Å². The molecule has 0 spiro atoms. The van der Waals surface area contributed by atoms with Crippen LogP contribution >= 0.6 is 27.5 Å². The Morgan fingerprint density at radius 2 is 2.23 bits per heavy atom. The van der Waals surface area contributed by atoms with Crippen LogP contribution in [0.3, 0.4) is 0 Å². The van der Waals surface area contributed by atoms with Crippen LogP contribution in [-0.2, 0) is 5.33 Å². The van der Waals surface area contributed by atoms with Crippen molar-refractivity contribution in [1.29, 1.82) is 0 Å². The van der Waals surface area contributed by atoms with Crippen molar-refractivity contribution in [1.82, 2.24) is 4.98 Å². The van der Waals surface area contributed by atoms with Crippen LogP contribution in [-0.4, -0.2) is 4.98 Å². The lowest BCUT2D eigenvalue weighted by Gasteiger charge is -2.04. The molecule has 1 heterocycles. The maximum absolute atomic E-state index is 12.3. The fraction of sp³-hybridized carbons (Fsp3) is 0.286. The van der Waals surface area contributed by atoms with E-state index in [1.807, 2.05) is 0 Å². The van der Waals surface area contributed by atoms with Crippen molar-refractivity contribution < 1.29 is 8.78 Å². The van der Waals surface area contributed by atoms with Crippen LogP contribution in [0.1, 0.15) is 17.6 Å². The molecule has 1 aromatic rings. The molecule has 0 radical (unpaired) electrons. The number of pyridine rings is 1. The van der Waals surface area contributed by atoms with Gasteiger partial charge >= 0.3 is 0 Å². The molecule has 0 aromatic carbocycles. The highest BCUT2D eigenvalue weighted by atomic mass is 79.9. The Hall–Kier alpha value is -0.420. The monoisotopic (exact) mass is 271 g/mol. The zero-order valence-electron chi connectivity index (χ0n) is 6.28. The average Bonchev–Trinajstić information content (AvgIpc) is 2.04. The van der Waals surface area contributed by atoms with Crippen molar-refractivity contribution in [3.8, 4) is 0 Å². The van der Waals surface area contributed by atoms with E-state index in [1.165, 1.54) is 6.20 Å². The van der Waals surface area contributed by atoms with Crippen molar-refractivity contribution >= 4 is 27.5 Å². The Balaban J connectivity index is 3.39. The molecular weight excluding hydrogens is 267 g/mol. The number of hydrogen-bond donors (Lipinski definition) is 1. The second-order valence-corrected chi connectivity index (χ2v) is 3.24. The average molecular weight is 272 g/mol. The summed E-state index contributed by atoms with van der Waals surface area (Å²) in [5.41, 5.74) is -1.07. The Morgan fingerprint density at radius 3 is 2.69 bits per heavy atom. The summed E-state index contributed by atoms with van der Waals surface area (Å²) in [5, 5.41) is 0.151. The molecule has 1 rings (SSSR count). The predicted octanol–water partition coefficient (Wildman–Crippen LogP) is 2.86. The summed E-state index contributed by atoms with van der Waals surface area (Å²) in [6.07, 6.45) is -1.54. The summed E-state index contributed by atoms with van der Waals surface area (Å²) in [6, 6.07) is 0. The summed E-state index contributed by atoms with van der Waals surface area (Å²) < 4.78 is 24.6. The van der Waals surface area contributed by atoms with Crippen molar-refractivity contribution in [3.05, 3.63) is 32.7 Å². The van der Waals surface area contributed by atoms with Gasteiger partial charge in [0.15, 0.2) is 0 Å². The van der Waals surface area contributed by atoms with E-state index in [0.29, 0.717) is 10.9 Å². The summed E-state index contributed by atoms with van der Waals surface area (Å²) >= 11 is 8.64. The molecule has 0 saturated heterocycles. The molecule has 0 saturated carbocycles. The summed E-state index contributed by atoms with van der Waals surface area (Å²) in [4.78, 5) is 13.1. The molecule has 0 aliphatic carbocycles. The summed E-state index contributed by atoms with van der Waals surface area (Å²) in [7, 11) is 0. The number of halogens is 4. The van der Waals surface area contributed by atoms with Crippen LogP contribution in [0.25, 0.3) is 0 Å². The Labute approximate surface area is 86.0 Å². The number of rotatable bonds is 2. The minimum absolute atomic E-state index is 0.171. The fourth-order valence-electron chi connectivity index (χ4n) is 0.859. The highest BCUT2D eigenvalue weighted by Crippen LogP contribution is 2.26. The first-order valence-electron chi connectivity index (χ1n) is 3.32. The van der Waals surface area contributed by atoms with Gasteiger partial charge in [0.1, 0.15) is 5.56 Å². The largest absolute Gasteiger partial charge is 0.328 e. The molecule has 72 valence electrons. The predicted molar refractivity (Wildman–Crippen MR) is 49.7 cm³/mol. The number of aromatic nitrogens is 1. The number of aromatic amines is 1. The summed E-state index contributed by atoms with van der Waals surface area (Å²) in [6.45, 7) is 0. The van der Waals surface area contributed by atoms with E-state index in [-0.39, 0.29) is 5.02 Å². The van der Waals surface area contributed by atoms with Crippen LogP contribution in [0.4, 0.5) is 8.78 Å². The third-order valence-electron chi connectivity index (χ3n) is 1.50. The molecule has 0 aliphatic heterocycles. The maximum atomic E-state index is 12.3. The van der Waals surface area contributed by atoms with Gasteiger partial charge in [-0.15, -0.1) is 0 Å². The van der Waals surface area contributed by atoms with Crippen LogP contribution in [0.2, 0.25) is 5.02 Å². The quantitative estimate of drug-likeness (QED) is 0.825. The SMILES string of the molecule is O=c1[nH]cc(CBr)c(Cl)c1C(F)F. The Bertz CT molecular complexity index is 366. The zero-order valence-corrected chi connectivity index (χ0v) is 8.62. The van der Waals surface area contributed by atoms with Gasteiger partial charge in [0.05, 0.1) is 5.02 Å². The molecule has 0 unspecified atom stereocenters. The van der Waals surface area contributed by atoms with E-state index in [0.717, 1.165) is 0 Å². The molecule has 0 aliphatic rings. The molecule has 2 nitrogen and oxygen atoms in total. The molecule has 1 N–H and O–H groups in total. The van der Waals surface area contributed by atoms with Crippen LogP contribution < -0.4 is 5.56 Å². The lowest BCUT2D eigenvalue weighted by molar-refractivity contribution is 0.149. The van der Waals surface area contributed by atoms with Crippen molar-refractivity contribution in [3.63, 3.8) is 0 Å². The van der Waals surface area contributed by atoms with Crippen LogP contribution in [0.5, 0.6) is 0 Å². The molecule has 0 bridgehead atoms. The van der Waals surface area contributed by atoms with Crippen LogP contribution in [0, 0.1) is 0 Å². The van der Waals surface area contributed by atoms with E-state index in [1.54, 1.807) is 0 Å². The number of hydrogen-bond acceptors (Lipinski definition) is 1. The van der Waals surface area contributed by atoms with E-state index >= 15 is 0 Å². The van der Waals surface area contributed by atoms with Gasteiger partial charge in [0, 0.05) is 11.5 Å². The molecule has 0 atom stereocenters. The van der Waals surface area contributed by atoms with Crippen molar-refractivity contribution in [2.24, 2.45) is 0 Å². The first-order valence-corrected chi connectivity index (χ1v) is 4.82. The topological polar surface area (TPSA) is 32.9 Å². The van der Waals surface area contributed by atoms with E-state index in [9.17, 15) is 13.6 Å². The normalized spacial score (nSPS) is 10.8. The minimum atomic E-state index is -2.85. The van der Waals surface area contributed by atoms with Gasteiger partial charge in [-0.1, -0.05) is 27.5 Å². The molecule has 0 fully saturated rings. The molecular formula is C7H5BrClF2NO. The van der Waals surface area contributed by atoms with Crippen molar-refractivity contribution in [2.75, 3.05) is 0 Å². The van der Waals surface area contributed by atoms with Gasteiger partial charge in [-0.05, 0) is 5.56 Å². The van der Waals surface area contributed by atoms with Crippen LogP contribution in [0.15, 0.2) is 11.0 Å². The molecule has 1 aromatic heterocycles. The molecule has 6 heteroatoms. The lowest BCUT2D eigenvalue weighted by atomic mass is 10.2.